The summed E-state index contributed by atoms with van der Waals surface area (Å²) in [6, 6.07) is 84.1. The van der Waals surface area contributed by atoms with Crippen LogP contribution in [0, 0.1) is 0 Å². The van der Waals surface area contributed by atoms with Crippen LogP contribution in [0.1, 0.15) is 25.0 Å². The van der Waals surface area contributed by atoms with Gasteiger partial charge in [-0.3, -0.25) is 0 Å². The Morgan fingerprint density at radius 3 is 1.32 bits per heavy atom. The largest absolute Gasteiger partial charge is 0.311 e. The summed E-state index contributed by atoms with van der Waals surface area (Å²) in [6.07, 6.45) is 0. The zero-order chi connectivity index (χ0) is 39.6. The molecule has 0 aliphatic heterocycles. The van der Waals surface area contributed by atoms with Crippen molar-refractivity contribution in [3.8, 4) is 11.1 Å². The molecule has 0 spiro atoms. The van der Waals surface area contributed by atoms with Crippen LogP contribution in [0.15, 0.2) is 224 Å². The molecule has 1 nitrogen and oxygen atoms in total. The number of hydrogen-bond donors (Lipinski definition) is 0. The van der Waals surface area contributed by atoms with E-state index in [1.807, 2.05) is 0 Å². The van der Waals surface area contributed by atoms with Gasteiger partial charge in [0.1, 0.15) is 0 Å². The van der Waals surface area contributed by atoms with Crippen molar-refractivity contribution in [1.29, 1.82) is 0 Å². The molecule has 11 rings (SSSR count). The summed E-state index contributed by atoms with van der Waals surface area (Å²) >= 11 is 0. The van der Waals surface area contributed by atoms with Crippen molar-refractivity contribution >= 4 is 78.2 Å². The lowest BCUT2D eigenvalue weighted by atomic mass is 9.82. The van der Waals surface area contributed by atoms with Gasteiger partial charge in [-0.05, 0) is 112 Å². The van der Waals surface area contributed by atoms with Gasteiger partial charge in [0, 0.05) is 22.5 Å². The highest BCUT2D eigenvalue weighted by Crippen LogP contribution is 2.48. The van der Waals surface area contributed by atoms with Crippen LogP contribution in [0.2, 0.25) is 0 Å². The standard InChI is InChI=1S/C57H43NSi/c1-57(2)55-29-17-16-28-52(55)53-37-35-46(39-56(53)57)59(43-22-10-5-11-23-43,44-32-30-42(31-33-44)58(40-18-6-3-7-19-40)41-20-8-4-9-21-41)45-34-36-51-49-26-13-12-24-47(49)48-25-14-15-27-50(48)54(51)38-45/h3-39H,1-2H3. The molecule has 10 aromatic rings. The normalized spacial score (nSPS) is 13.9. The molecule has 0 amide bonds. The van der Waals surface area contributed by atoms with Gasteiger partial charge in [-0.15, -0.1) is 0 Å². The van der Waals surface area contributed by atoms with E-state index in [9.17, 15) is 0 Å². The highest BCUT2D eigenvalue weighted by molar-refractivity contribution is 7.20. The summed E-state index contributed by atoms with van der Waals surface area (Å²) in [5, 5.41) is 13.3. The Morgan fingerprint density at radius 2 is 0.712 bits per heavy atom. The Kier molecular flexibility index (Phi) is 8.25. The molecule has 0 bridgehead atoms. The fourth-order valence-electron chi connectivity index (χ4n) is 10.2. The zero-order valence-electron chi connectivity index (χ0n) is 33.3. The molecular weight excluding hydrogens is 727 g/mol. The lowest BCUT2D eigenvalue weighted by Gasteiger charge is -2.36. The average Bonchev–Trinajstić information content (AvgIpc) is 3.53. The fourth-order valence-corrected chi connectivity index (χ4v) is 15.0. The van der Waals surface area contributed by atoms with Gasteiger partial charge >= 0.3 is 0 Å². The first-order valence-electron chi connectivity index (χ1n) is 20.7. The van der Waals surface area contributed by atoms with E-state index in [1.165, 1.54) is 75.3 Å². The van der Waals surface area contributed by atoms with E-state index in [0.717, 1.165) is 17.1 Å². The number of fused-ring (bicyclic) bond motifs is 9. The van der Waals surface area contributed by atoms with Gasteiger partial charge in [-0.25, -0.2) is 0 Å². The third kappa shape index (κ3) is 5.44. The Hall–Kier alpha value is -7.00. The van der Waals surface area contributed by atoms with Gasteiger partial charge in [0.15, 0.2) is 8.07 Å². The Morgan fingerprint density at radius 1 is 0.305 bits per heavy atom. The van der Waals surface area contributed by atoms with Crippen LogP contribution in [-0.4, -0.2) is 8.07 Å². The van der Waals surface area contributed by atoms with Crippen molar-refractivity contribution in [2.45, 2.75) is 19.3 Å². The van der Waals surface area contributed by atoms with Crippen LogP contribution in [0.4, 0.5) is 17.1 Å². The maximum absolute atomic E-state index is 3.02. The zero-order valence-corrected chi connectivity index (χ0v) is 34.3. The van der Waals surface area contributed by atoms with Gasteiger partial charge < -0.3 is 4.90 Å². The Labute approximate surface area is 347 Å². The van der Waals surface area contributed by atoms with Gasteiger partial charge in [0.2, 0.25) is 0 Å². The van der Waals surface area contributed by atoms with Crippen molar-refractivity contribution < 1.29 is 0 Å². The lowest BCUT2D eigenvalue weighted by molar-refractivity contribution is 0.661. The van der Waals surface area contributed by atoms with Crippen molar-refractivity contribution in [3.63, 3.8) is 0 Å². The predicted molar refractivity (Wildman–Crippen MR) is 255 cm³/mol. The monoisotopic (exact) mass is 769 g/mol. The first-order chi connectivity index (χ1) is 29.0. The first-order valence-corrected chi connectivity index (χ1v) is 22.7. The van der Waals surface area contributed by atoms with E-state index in [2.05, 4.69) is 243 Å². The quantitative estimate of drug-likeness (QED) is 0.0886. The average molecular weight is 770 g/mol. The first kappa shape index (κ1) is 35.2. The topological polar surface area (TPSA) is 3.24 Å². The molecule has 1 atom stereocenters. The molecule has 1 aliphatic rings. The van der Waals surface area contributed by atoms with Crippen molar-refractivity contribution in [2.24, 2.45) is 0 Å². The van der Waals surface area contributed by atoms with Gasteiger partial charge in [0.25, 0.3) is 0 Å². The Bertz CT molecular complexity index is 3100. The molecule has 0 saturated carbocycles. The maximum atomic E-state index is 2.59. The van der Waals surface area contributed by atoms with Crippen LogP contribution in [0.5, 0.6) is 0 Å². The molecule has 59 heavy (non-hydrogen) atoms. The minimum absolute atomic E-state index is 0.132. The number of para-hydroxylation sites is 2. The van der Waals surface area contributed by atoms with E-state index < -0.39 is 8.07 Å². The number of benzene rings is 10. The highest BCUT2D eigenvalue weighted by Gasteiger charge is 2.44. The van der Waals surface area contributed by atoms with Crippen molar-refractivity contribution in [3.05, 3.63) is 236 Å². The summed E-state index contributed by atoms with van der Waals surface area (Å²) in [6.45, 7) is 4.80. The van der Waals surface area contributed by atoms with E-state index >= 15 is 0 Å². The van der Waals surface area contributed by atoms with Gasteiger partial charge in [-0.2, -0.15) is 0 Å². The van der Waals surface area contributed by atoms with Crippen molar-refractivity contribution in [1.82, 2.24) is 0 Å². The predicted octanol–water partition coefficient (Wildman–Crippen LogP) is 12.3. The van der Waals surface area contributed by atoms with Crippen molar-refractivity contribution in [2.75, 3.05) is 4.90 Å². The summed E-state index contributed by atoms with van der Waals surface area (Å²) in [7, 11) is -3.02. The molecule has 1 aliphatic carbocycles. The number of hydrogen-bond acceptors (Lipinski definition) is 1. The number of nitrogens with zero attached hydrogens (tertiary/aromatic N) is 1. The van der Waals surface area contributed by atoms with Crippen LogP contribution < -0.4 is 25.6 Å². The third-order valence-corrected chi connectivity index (χ3v) is 17.7. The SMILES string of the molecule is CC1(C)c2ccccc2-c2ccc([Si](c3ccccc3)(c3ccc(N(c4ccccc4)c4ccccc4)cc3)c3ccc4c5ccccc5c5ccccc5c4c3)cc21. The van der Waals surface area contributed by atoms with E-state index in [4.69, 9.17) is 0 Å². The molecule has 0 aromatic heterocycles. The van der Waals surface area contributed by atoms with Crippen LogP contribution in [0.3, 0.4) is 0 Å². The molecule has 0 radical (unpaired) electrons. The molecule has 280 valence electrons. The van der Waals surface area contributed by atoms with Crippen LogP contribution in [0.25, 0.3) is 43.4 Å². The second-order valence-electron chi connectivity index (χ2n) is 16.5. The number of rotatable bonds is 7. The second kappa shape index (κ2) is 13.8. The molecule has 0 N–H and O–H groups in total. The van der Waals surface area contributed by atoms with E-state index in [-0.39, 0.29) is 5.41 Å². The number of anilines is 3. The molecule has 1 unspecified atom stereocenters. The molecule has 10 aromatic carbocycles. The summed E-state index contributed by atoms with van der Waals surface area (Å²) in [4.78, 5) is 2.36. The van der Waals surface area contributed by atoms with E-state index in [0.29, 0.717) is 0 Å². The molecule has 0 fully saturated rings. The second-order valence-corrected chi connectivity index (χ2v) is 20.3. The molecular formula is C57H43NSi. The van der Waals surface area contributed by atoms with Gasteiger partial charge in [0.05, 0.1) is 0 Å². The summed E-state index contributed by atoms with van der Waals surface area (Å²) in [5.41, 5.74) is 8.75. The van der Waals surface area contributed by atoms with Gasteiger partial charge in [-0.1, -0.05) is 202 Å². The summed E-state index contributed by atoms with van der Waals surface area (Å²) < 4.78 is 0. The third-order valence-electron chi connectivity index (χ3n) is 13.0. The maximum Gasteiger partial charge on any atom is 0.179 e. The Balaban J connectivity index is 1.22. The minimum Gasteiger partial charge on any atom is -0.311 e. The van der Waals surface area contributed by atoms with E-state index in [1.54, 1.807) is 0 Å². The van der Waals surface area contributed by atoms with Crippen LogP contribution >= 0.6 is 0 Å². The van der Waals surface area contributed by atoms with Crippen LogP contribution in [-0.2, 0) is 5.41 Å². The molecule has 0 heterocycles. The molecule has 2 heteroatoms. The minimum atomic E-state index is -3.02. The fraction of sp³-hybridized carbons (Fsp3) is 0.0526. The highest BCUT2D eigenvalue weighted by atomic mass is 28.3. The molecule has 0 saturated heterocycles. The summed E-state index contributed by atoms with van der Waals surface area (Å²) in [5.74, 6) is 0. The smallest absolute Gasteiger partial charge is 0.179 e. The lowest BCUT2D eigenvalue weighted by Crippen LogP contribution is -2.74.